The van der Waals surface area contributed by atoms with Crippen LogP contribution in [0.15, 0.2) is 65.7 Å². The number of sulfonamides is 1. The van der Waals surface area contributed by atoms with E-state index in [1.54, 1.807) is 0 Å². The summed E-state index contributed by atoms with van der Waals surface area (Å²) in [5, 5.41) is 12.5. The van der Waals surface area contributed by atoms with Crippen LogP contribution in [0.25, 0.3) is 0 Å². The van der Waals surface area contributed by atoms with Crippen molar-refractivity contribution in [2.75, 3.05) is 19.0 Å². The van der Waals surface area contributed by atoms with Gasteiger partial charge in [-0.05, 0) is 53.4 Å². The molecule has 188 valence electrons. The summed E-state index contributed by atoms with van der Waals surface area (Å²) in [5.74, 6) is -1.12. The quantitative estimate of drug-likeness (QED) is 0.262. The third-order valence-corrected chi connectivity index (χ3v) is 8.12. The number of nitrogens with zero attached hydrogens (tertiary/aromatic N) is 2. The van der Waals surface area contributed by atoms with Gasteiger partial charge in [0.05, 0.1) is 11.1 Å². The number of aliphatic carboxylic acids is 1. The fraction of sp³-hybridized carbons (Fsp3) is 0.208. The van der Waals surface area contributed by atoms with Gasteiger partial charge in [-0.3, -0.25) is 15.6 Å². The second-order valence-corrected chi connectivity index (χ2v) is 11.1. The summed E-state index contributed by atoms with van der Waals surface area (Å²) in [5.41, 5.74) is 10.4. The number of likely N-dealkylation sites (N-methyl/N-ethyl adjacent to an activating group) is 1. The number of aromatic nitrogens is 1. The summed E-state index contributed by atoms with van der Waals surface area (Å²) in [7, 11) is -2.90. The predicted molar refractivity (Wildman–Crippen MR) is 141 cm³/mol. The molecule has 0 radical (unpaired) electrons. The third-order valence-electron chi connectivity index (χ3n) is 5.85. The van der Waals surface area contributed by atoms with Crippen LogP contribution in [0.4, 0.5) is 5.82 Å². The highest BCUT2D eigenvalue weighted by Crippen LogP contribution is 2.32. The smallest absolute Gasteiger partial charge is 0.318 e. The zero-order valence-electron chi connectivity index (χ0n) is 19.2. The molecule has 4 N–H and O–H groups in total. The molecular formula is C24H24ClN5O4S2. The second-order valence-electron chi connectivity index (χ2n) is 8.21. The first-order chi connectivity index (χ1) is 17.2. The van der Waals surface area contributed by atoms with Crippen LogP contribution in [0.1, 0.15) is 28.3 Å². The van der Waals surface area contributed by atoms with Gasteiger partial charge in [-0.1, -0.05) is 60.1 Å². The molecule has 0 saturated heterocycles. The summed E-state index contributed by atoms with van der Waals surface area (Å²) in [4.78, 5) is 14.7. The highest BCUT2D eigenvalue weighted by molar-refractivity contribution is 7.89. The summed E-state index contributed by atoms with van der Waals surface area (Å²) in [6, 6.07) is 17.5. The van der Waals surface area contributed by atoms with Gasteiger partial charge in [0.15, 0.2) is 10.9 Å². The molecule has 1 aliphatic rings. The van der Waals surface area contributed by atoms with E-state index in [4.69, 9.17) is 28.9 Å². The molecule has 12 heteroatoms. The third kappa shape index (κ3) is 5.59. The summed E-state index contributed by atoms with van der Waals surface area (Å²) in [6.45, 7) is -0.686. The van der Waals surface area contributed by atoms with Crippen molar-refractivity contribution in [1.29, 1.82) is 0 Å². The fourth-order valence-corrected chi connectivity index (χ4v) is 5.61. The lowest BCUT2D eigenvalue weighted by Gasteiger charge is -2.24. The fourth-order valence-electron chi connectivity index (χ4n) is 4.07. The topological polar surface area (TPSA) is 124 Å². The molecule has 9 nitrogen and oxygen atoms in total. The van der Waals surface area contributed by atoms with Gasteiger partial charge in [0.2, 0.25) is 10.0 Å². The number of halogens is 1. The van der Waals surface area contributed by atoms with Crippen molar-refractivity contribution in [3.8, 4) is 0 Å². The SMILES string of the molecule is CN(CC(=O)O)S(=O)(=O)c1cnc(NNC(=S)NC2c3ccccc3CCc3ccccc32)c(Cl)c1. The number of hydrogen-bond acceptors (Lipinski definition) is 6. The lowest BCUT2D eigenvalue weighted by Crippen LogP contribution is -2.41. The monoisotopic (exact) mass is 545 g/mol. The van der Waals surface area contributed by atoms with Crippen LogP contribution >= 0.6 is 23.8 Å². The van der Waals surface area contributed by atoms with Gasteiger partial charge in [-0.25, -0.2) is 13.4 Å². The molecular weight excluding hydrogens is 522 g/mol. The number of hydrazine groups is 1. The molecule has 0 atom stereocenters. The Bertz CT molecular complexity index is 1370. The number of hydrogen-bond donors (Lipinski definition) is 4. The summed E-state index contributed by atoms with van der Waals surface area (Å²) in [6.07, 6.45) is 2.96. The van der Waals surface area contributed by atoms with Crippen LogP contribution in [0, 0.1) is 0 Å². The molecule has 0 spiro atoms. The highest BCUT2D eigenvalue weighted by atomic mass is 35.5. The Balaban J connectivity index is 1.48. The van der Waals surface area contributed by atoms with Gasteiger partial charge in [-0.15, -0.1) is 0 Å². The van der Waals surface area contributed by atoms with Crippen molar-refractivity contribution < 1.29 is 18.3 Å². The van der Waals surface area contributed by atoms with E-state index in [0.717, 1.165) is 30.2 Å². The van der Waals surface area contributed by atoms with Crippen molar-refractivity contribution >= 4 is 50.7 Å². The van der Waals surface area contributed by atoms with Gasteiger partial charge in [-0.2, -0.15) is 4.31 Å². The van der Waals surface area contributed by atoms with E-state index in [9.17, 15) is 13.2 Å². The van der Waals surface area contributed by atoms with E-state index < -0.39 is 22.5 Å². The van der Waals surface area contributed by atoms with Gasteiger partial charge < -0.3 is 10.4 Å². The molecule has 1 aliphatic carbocycles. The predicted octanol–water partition coefficient (Wildman–Crippen LogP) is 3.12. The number of thiocarbonyl (C=S) groups is 1. The van der Waals surface area contributed by atoms with Gasteiger partial charge in [0, 0.05) is 13.2 Å². The Labute approximate surface area is 219 Å². The Hall–Kier alpha value is -3.25. The average Bonchev–Trinajstić information content (AvgIpc) is 3.00. The molecule has 0 aliphatic heterocycles. The van der Waals surface area contributed by atoms with Crippen molar-refractivity contribution in [2.45, 2.75) is 23.8 Å². The van der Waals surface area contributed by atoms with Crippen LogP contribution in [0.3, 0.4) is 0 Å². The number of carbonyl (C=O) groups is 1. The minimum absolute atomic E-state index is 0.0141. The van der Waals surface area contributed by atoms with E-state index in [-0.39, 0.29) is 21.8 Å². The maximum Gasteiger partial charge on any atom is 0.318 e. The Morgan fingerprint density at radius 1 is 1.14 bits per heavy atom. The molecule has 3 aromatic rings. The first kappa shape index (κ1) is 25.8. The molecule has 0 amide bonds. The van der Waals surface area contributed by atoms with E-state index in [1.807, 2.05) is 24.3 Å². The Morgan fingerprint density at radius 3 is 2.28 bits per heavy atom. The van der Waals surface area contributed by atoms with E-state index in [1.165, 1.54) is 24.2 Å². The number of nitrogens with one attached hydrogen (secondary N) is 3. The minimum Gasteiger partial charge on any atom is -0.480 e. The van der Waals surface area contributed by atoms with Crippen molar-refractivity contribution in [1.82, 2.24) is 20.0 Å². The largest absolute Gasteiger partial charge is 0.480 e. The molecule has 2 aromatic carbocycles. The van der Waals surface area contributed by atoms with Gasteiger partial charge in [0.1, 0.15) is 11.4 Å². The lowest BCUT2D eigenvalue weighted by atomic mass is 9.95. The maximum absolute atomic E-state index is 12.5. The number of fused-ring (bicyclic) bond motifs is 2. The van der Waals surface area contributed by atoms with Crippen LogP contribution < -0.4 is 16.2 Å². The number of carboxylic acids is 1. The van der Waals surface area contributed by atoms with E-state index in [0.29, 0.717) is 9.42 Å². The van der Waals surface area contributed by atoms with Crippen LogP contribution in [0.2, 0.25) is 5.02 Å². The number of benzene rings is 2. The lowest BCUT2D eigenvalue weighted by molar-refractivity contribution is -0.137. The van der Waals surface area contributed by atoms with Crippen molar-refractivity contribution in [3.63, 3.8) is 0 Å². The zero-order valence-corrected chi connectivity index (χ0v) is 21.6. The van der Waals surface area contributed by atoms with Crippen LogP contribution in [0.5, 0.6) is 0 Å². The standard InChI is InChI=1S/C24H24ClN5O4S2/c1-30(14-21(31)32)36(33,34)17-12-20(25)23(26-13-17)28-29-24(35)27-22-18-8-4-2-6-15(18)10-11-16-7-3-5-9-19(16)22/h2-9,12-13,22H,10-11,14H2,1H3,(H,26,28)(H,31,32)(H2,27,29,35). The van der Waals surface area contributed by atoms with E-state index in [2.05, 4.69) is 45.4 Å². The molecule has 1 heterocycles. The minimum atomic E-state index is -4.06. The van der Waals surface area contributed by atoms with Gasteiger partial charge in [0.25, 0.3) is 0 Å². The maximum atomic E-state index is 12.5. The molecule has 1 aromatic heterocycles. The number of aryl methyl sites for hydroxylation is 2. The molecule has 36 heavy (non-hydrogen) atoms. The normalized spacial score (nSPS) is 13.3. The second kappa shape index (κ2) is 10.8. The van der Waals surface area contributed by atoms with Crippen LogP contribution in [-0.2, 0) is 27.7 Å². The number of carboxylic acid groups (broad SMARTS) is 1. The van der Waals surface area contributed by atoms with Crippen molar-refractivity contribution in [3.05, 3.63) is 88.1 Å². The van der Waals surface area contributed by atoms with E-state index >= 15 is 0 Å². The first-order valence-corrected chi connectivity index (χ1v) is 13.2. The first-order valence-electron chi connectivity index (χ1n) is 11.0. The molecule has 0 bridgehead atoms. The molecule has 0 unspecified atom stereocenters. The Kier molecular flexibility index (Phi) is 7.74. The Morgan fingerprint density at radius 2 is 1.72 bits per heavy atom. The molecule has 0 saturated carbocycles. The zero-order chi connectivity index (χ0) is 25.9. The highest BCUT2D eigenvalue weighted by Gasteiger charge is 2.25. The van der Waals surface area contributed by atoms with Gasteiger partial charge >= 0.3 is 5.97 Å². The summed E-state index contributed by atoms with van der Waals surface area (Å²) < 4.78 is 25.8. The number of anilines is 1. The van der Waals surface area contributed by atoms with Crippen LogP contribution in [-0.4, -0.2) is 47.5 Å². The van der Waals surface area contributed by atoms with Crippen molar-refractivity contribution in [2.24, 2.45) is 0 Å². The molecule has 4 rings (SSSR count). The number of rotatable bonds is 7. The number of pyridine rings is 1. The summed E-state index contributed by atoms with van der Waals surface area (Å²) >= 11 is 11.8. The molecule has 0 fully saturated rings. The average molecular weight is 546 g/mol.